The molecule has 1 heterocycles. The average molecular weight is 236 g/mol. The number of rotatable bonds is 5. The molecule has 96 valence electrons. The fraction of sp³-hybridized carbons (Fsp3) is 0.846. The molecular weight excluding hydrogens is 212 g/mol. The van der Waals surface area contributed by atoms with Gasteiger partial charge in [0.05, 0.1) is 0 Å². The van der Waals surface area contributed by atoms with Gasteiger partial charge in [0.1, 0.15) is 12.2 Å². The first kappa shape index (κ1) is 12.6. The maximum atomic E-state index is 6.39. The Morgan fingerprint density at radius 2 is 2.18 bits per heavy atom. The highest BCUT2D eigenvalue weighted by atomic mass is 15.3. The summed E-state index contributed by atoms with van der Waals surface area (Å²) < 4.78 is 2.00. The SMILES string of the molecule is CCCn1ncnc1CC(N)C1(C)CCCC1. The van der Waals surface area contributed by atoms with Crippen molar-refractivity contribution in [1.82, 2.24) is 14.8 Å². The quantitative estimate of drug-likeness (QED) is 0.852. The lowest BCUT2D eigenvalue weighted by atomic mass is 9.79. The molecule has 1 atom stereocenters. The molecule has 4 nitrogen and oxygen atoms in total. The molecule has 0 bridgehead atoms. The van der Waals surface area contributed by atoms with E-state index >= 15 is 0 Å². The van der Waals surface area contributed by atoms with Crippen LogP contribution in [0.25, 0.3) is 0 Å². The van der Waals surface area contributed by atoms with Crippen molar-refractivity contribution in [3.63, 3.8) is 0 Å². The van der Waals surface area contributed by atoms with Crippen molar-refractivity contribution >= 4 is 0 Å². The molecule has 0 spiro atoms. The highest BCUT2D eigenvalue weighted by molar-refractivity contribution is 4.97. The molecule has 4 heteroatoms. The minimum Gasteiger partial charge on any atom is -0.327 e. The Kier molecular flexibility index (Phi) is 3.82. The summed E-state index contributed by atoms with van der Waals surface area (Å²) >= 11 is 0. The zero-order valence-corrected chi connectivity index (χ0v) is 11.0. The minimum atomic E-state index is 0.213. The van der Waals surface area contributed by atoms with Gasteiger partial charge in [-0.15, -0.1) is 0 Å². The van der Waals surface area contributed by atoms with Crippen molar-refractivity contribution in [3.05, 3.63) is 12.2 Å². The summed E-state index contributed by atoms with van der Waals surface area (Å²) in [6, 6.07) is 0.213. The van der Waals surface area contributed by atoms with Crippen LogP contribution in [0.1, 0.15) is 51.8 Å². The van der Waals surface area contributed by atoms with E-state index in [1.807, 2.05) is 4.68 Å². The van der Waals surface area contributed by atoms with Gasteiger partial charge < -0.3 is 5.73 Å². The summed E-state index contributed by atoms with van der Waals surface area (Å²) in [5.41, 5.74) is 6.70. The van der Waals surface area contributed by atoms with E-state index in [1.54, 1.807) is 6.33 Å². The van der Waals surface area contributed by atoms with Crippen LogP contribution in [-0.4, -0.2) is 20.8 Å². The Labute approximate surface area is 104 Å². The molecule has 1 saturated carbocycles. The summed E-state index contributed by atoms with van der Waals surface area (Å²) in [7, 11) is 0. The van der Waals surface area contributed by atoms with Gasteiger partial charge in [0, 0.05) is 19.0 Å². The van der Waals surface area contributed by atoms with Gasteiger partial charge in [0.25, 0.3) is 0 Å². The summed E-state index contributed by atoms with van der Waals surface area (Å²) in [5, 5.41) is 4.26. The van der Waals surface area contributed by atoms with Crippen LogP contribution in [0.3, 0.4) is 0 Å². The van der Waals surface area contributed by atoms with E-state index in [4.69, 9.17) is 5.73 Å². The molecular formula is C13H24N4. The Hall–Kier alpha value is -0.900. The predicted octanol–water partition coefficient (Wildman–Crippen LogP) is 2.14. The van der Waals surface area contributed by atoms with Crippen LogP contribution in [0, 0.1) is 5.41 Å². The molecule has 0 aliphatic heterocycles. The van der Waals surface area contributed by atoms with Crippen LogP contribution in [0.4, 0.5) is 0 Å². The fourth-order valence-corrected chi connectivity index (χ4v) is 2.84. The third-order valence-electron chi connectivity index (χ3n) is 4.17. The molecule has 1 unspecified atom stereocenters. The maximum absolute atomic E-state index is 6.39. The second-order valence-electron chi connectivity index (χ2n) is 5.57. The molecule has 1 fully saturated rings. The largest absolute Gasteiger partial charge is 0.327 e. The second-order valence-corrected chi connectivity index (χ2v) is 5.57. The molecule has 17 heavy (non-hydrogen) atoms. The normalized spacial score (nSPS) is 20.6. The molecule has 0 amide bonds. The number of hydrogen-bond donors (Lipinski definition) is 1. The fourth-order valence-electron chi connectivity index (χ4n) is 2.84. The van der Waals surface area contributed by atoms with Gasteiger partial charge in [-0.3, -0.25) is 4.68 Å². The lowest BCUT2D eigenvalue weighted by molar-refractivity contribution is 0.255. The number of aryl methyl sites for hydroxylation is 1. The van der Waals surface area contributed by atoms with E-state index in [2.05, 4.69) is 23.9 Å². The monoisotopic (exact) mass is 236 g/mol. The number of aromatic nitrogens is 3. The van der Waals surface area contributed by atoms with E-state index in [9.17, 15) is 0 Å². The standard InChI is InChI=1S/C13H24N4/c1-3-8-17-12(15-10-16-17)9-11(14)13(2)6-4-5-7-13/h10-11H,3-9,14H2,1-2H3. The van der Waals surface area contributed by atoms with Gasteiger partial charge in [-0.05, 0) is 24.7 Å². The summed E-state index contributed by atoms with van der Waals surface area (Å²) in [6.45, 7) is 5.42. The number of hydrogen-bond acceptors (Lipinski definition) is 3. The van der Waals surface area contributed by atoms with Crippen LogP contribution in [0.15, 0.2) is 6.33 Å². The molecule has 1 aromatic heterocycles. The summed E-state index contributed by atoms with van der Waals surface area (Å²) in [4.78, 5) is 4.35. The highest BCUT2D eigenvalue weighted by Gasteiger charge is 2.35. The third-order valence-corrected chi connectivity index (χ3v) is 4.17. The maximum Gasteiger partial charge on any atom is 0.138 e. The second kappa shape index (κ2) is 5.17. The first-order valence-electron chi connectivity index (χ1n) is 6.78. The molecule has 2 rings (SSSR count). The molecule has 1 aliphatic rings. The van der Waals surface area contributed by atoms with Gasteiger partial charge in [-0.2, -0.15) is 5.10 Å². The van der Waals surface area contributed by atoms with Crippen molar-refractivity contribution in [3.8, 4) is 0 Å². The van der Waals surface area contributed by atoms with Crippen molar-refractivity contribution in [2.75, 3.05) is 0 Å². The van der Waals surface area contributed by atoms with Crippen molar-refractivity contribution in [1.29, 1.82) is 0 Å². The van der Waals surface area contributed by atoms with E-state index in [-0.39, 0.29) is 6.04 Å². The van der Waals surface area contributed by atoms with Crippen molar-refractivity contribution < 1.29 is 0 Å². The van der Waals surface area contributed by atoms with Crippen LogP contribution in [-0.2, 0) is 13.0 Å². The topological polar surface area (TPSA) is 56.7 Å². The first-order chi connectivity index (χ1) is 8.15. The van der Waals surface area contributed by atoms with Crippen LogP contribution in [0.5, 0.6) is 0 Å². The van der Waals surface area contributed by atoms with Crippen molar-refractivity contribution in [2.45, 2.75) is 65.0 Å². The van der Waals surface area contributed by atoms with Gasteiger partial charge in [0.15, 0.2) is 0 Å². The molecule has 0 aromatic carbocycles. The smallest absolute Gasteiger partial charge is 0.138 e. The lowest BCUT2D eigenvalue weighted by Gasteiger charge is -2.30. The van der Waals surface area contributed by atoms with E-state index < -0.39 is 0 Å². The Morgan fingerprint density at radius 1 is 1.47 bits per heavy atom. The first-order valence-corrected chi connectivity index (χ1v) is 6.78. The lowest BCUT2D eigenvalue weighted by Crippen LogP contribution is -2.40. The van der Waals surface area contributed by atoms with Crippen LogP contribution in [0.2, 0.25) is 0 Å². The van der Waals surface area contributed by atoms with Gasteiger partial charge >= 0.3 is 0 Å². The molecule has 0 saturated heterocycles. The molecule has 1 aromatic rings. The molecule has 1 aliphatic carbocycles. The van der Waals surface area contributed by atoms with Crippen molar-refractivity contribution in [2.24, 2.45) is 11.1 Å². The van der Waals surface area contributed by atoms with E-state index in [0.29, 0.717) is 5.41 Å². The minimum absolute atomic E-state index is 0.213. The molecule has 2 N–H and O–H groups in total. The van der Waals surface area contributed by atoms with Crippen LogP contribution < -0.4 is 5.73 Å². The predicted molar refractivity (Wildman–Crippen MR) is 68.6 cm³/mol. The summed E-state index contributed by atoms with van der Waals surface area (Å²) in [5.74, 6) is 1.05. The Bertz CT molecular complexity index is 352. The Balaban J connectivity index is 2.02. The molecule has 0 radical (unpaired) electrons. The van der Waals surface area contributed by atoms with Crippen LogP contribution >= 0.6 is 0 Å². The van der Waals surface area contributed by atoms with E-state index in [1.165, 1.54) is 25.7 Å². The van der Waals surface area contributed by atoms with Gasteiger partial charge in [0.2, 0.25) is 0 Å². The summed E-state index contributed by atoms with van der Waals surface area (Å²) in [6.07, 6.45) is 8.76. The third kappa shape index (κ3) is 2.68. The highest BCUT2D eigenvalue weighted by Crippen LogP contribution is 2.40. The zero-order valence-electron chi connectivity index (χ0n) is 11.0. The van der Waals surface area contributed by atoms with E-state index in [0.717, 1.165) is 25.2 Å². The number of nitrogens with two attached hydrogens (primary N) is 1. The average Bonchev–Trinajstić information content (AvgIpc) is 2.90. The zero-order chi connectivity index (χ0) is 12.3. The Morgan fingerprint density at radius 3 is 2.82 bits per heavy atom. The number of nitrogens with zero attached hydrogens (tertiary/aromatic N) is 3. The van der Waals surface area contributed by atoms with Gasteiger partial charge in [-0.1, -0.05) is 26.7 Å². The van der Waals surface area contributed by atoms with Gasteiger partial charge in [-0.25, -0.2) is 4.98 Å².